The predicted molar refractivity (Wildman–Crippen MR) is 104 cm³/mol. The van der Waals surface area contributed by atoms with E-state index in [1.54, 1.807) is 0 Å². The third-order valence-corrected chi connectivity index (χ3v) is 10.3. The lowest BCUT2D eigenvalue weighted by Crippen LogP contribution is -2.54. The maximum absolute atomic E-state index is 10.2. The van der Waals surface area contributed by atoms with Crippen LogP contribution >= 0.6 is 12.6 Å². The van der Waals surface area contributed by atoms with Crippen molar-refractivity contribution in [3.05, 3.63) is 0 Å². The van der Waals surface area contributed by atoms with Gasteiger partial charge in [-0.2, -0.15) is 12.6 Å². The van der Waals surface area contributed by atoms with E-state index in [9.17, 15) is 5.11 Å². The van der Waals surface area contributed by atoms with Crippen molar-refractivity contribution in [2.45, 2.75) is 84.7 Å². The average molecular weight is 351 g/mol. The molecule has 0 aromatic carbocycles. The number of thiol groups is 1. The Kier molecular flexibility index (Phi) is 4.56. The summed E-state index contributed by atoms with van der Waals surface area (Å²) in [4.78, 5) is 0. The Morgan fingerprint density at radius 3 is 2.42 bits per heavy atom. The van der Waals surface area contributed by atoms with E-state index in [4.69, 9.17) is 0 Å². The van der Waals surface area contributed by atoms with Crippen LogP contribution in [0.15, 0.2) is 0 Å². The van der Waals surface area contributed by atoms with Crippen molar-refractivity contribution in [1.29, 1.82) is 0 Å². The zero-order chi connectivity index (χ0) is 17.1. The van der Waals surface area contributed by atoms with Crippen LogP contribution in [0.5, 0.6) is 0 Å². The molecule has 4 unspecified atom stereocenters. The number of aliphatic hydroxyl groups excluding tert-OH is 1. The third-order valence-electron chi connectivity index (χ3n) is 9.69. The molecule has 0 aromatic rings. The Morgan fingerprint density at radius 1 is 0.958 bits per heavy atom. The molecule has 4 aliphatic carbocycles. The van der Waals surface area contributed by atoms with E-state index in [0.717, 1.165) is 54.1 Å². The van der Waals surface area contributed by atoms with Crippen molar-refractivity contribution in [2.24, 2.45) is 46.3 Å². The smallest absolute Gasteiger partial charge is 0.0543 e. The van der Waals surface area contributed by atoms with Gasteiger partial charge in [-0.1, -0.05) is 20.8 Å². The van der Waals surface area contributed by atoms with E-state index < -0.39 is 0 Å². The van der Waals surface area contributed by atoms with E-state index in [-0.39, 0.29) is 6.10 Å². The number of aliphatic hydroxyl groups is 1. The molecule has 0 heterocycles. The molecular formula is C22H38OS. The first-order valence-corrected chi connectivity index (χ1v) is 11.3. The summed E-state index contributed by atoms with van der Waals surface area (Å²) < 4.78 is 0. The highest BCUT2D eigenvalue weighted by Gasteiger charge is 2.60. The molecule has 138 valence electrons. The minimum atomic E-state index is -0.0134. The summed E-state index contributed by atoms with van der Waals surface area (Å²) >= 11 is 4.64. The van der Waals surface area contributed by atoms with Crippen LogP contribution in [0.2, 0.25) is 0 Å². The molecule has 0 aliphatic heterocycles. The normalized spacial score (nSPS) is 55.4. The zero-order valence-corrected chi connectivity index (χ0v) is 16.9. The largest absolute Gasteiger partial charge is 0.393 e. The molecule has 0 amide bonds. The Hall–Kier alpha value is 0.310. The second kappa shape index (κ2) is 6.19. The molecule has 1 N–H and O–H groups in total. The van der Waals surface area contributed by atoms with E-state index in [1.807, 2.05) is 0 Å². The standard InChI is InChI=1S/C22H38OS/c1-14(13-24)18-6-7-19-17-5-4-15-12-16(23)8-10-21(15,2)20(17)9-11-22(18,19)3/h14-20,23-24H,4-13H2,1-3H3/t14-,15?,16+,17?,18-,19?,20?,21+,22-/m1/s1. The maximum Gasteiger partial charge on any atom is 0.0543 e. The van der Waals surface area contributed by atoms with Crippen LogP contribution in [-0.2, 0) is 0 Å². The van der Waals surface area contributed by atoms with Gasteiger partial charge in [-0.3, -0.25) is 0 Å². The Morgan fingerprint density at radius 2 is 1.67 bits per heavy atom. The van der Waals surface area contributed by atoms with E-state index in [0.29, 0.717) is 10.8 Å². The summed E-state index contributed by atoms with van der Waals surface area (Å²) in [6, 6.07) is 0. The van der Waals surface area contributed by atoms with Gasteiger partial charge >= 0.3 is 0 Å². The number of rotatable bonds is 2. The monoisotopic (exact) mass is 350 g/mol. The van der Waals surface area contributed by atoms with Gasteiger partial charge in [0.15, 0.2) is 0 Å². The van der Waals surface area contributed by atoms with Crippen molar-refractivity contribution < 1.29 is 5.11 Å². The molecule has 9 atom stereocenters. The van der Waals surface area contributed by atoms with Crippen LogP contribution in [0.4, 0.5) is 0 Å². The molecule has 4 aliphatic rings. The fourth-order valence-electron chi connectivity index (χ4n) is 8.34. The van der Waals surface area contributed by atoms with Gasteiger partial charge in [-0.15, -0.1) is 0 Å². The molecule has 4 saturated carbocycles. The Labute approximate surface area is 154 Å². The summed E-state index contributed by atoms with van der Waals surface area (Å²) in [5, 5.41) is 10.2. The third kappa shape index (κ3) is 2.45. The van der Waals surface area contributed by atoms with Gasteiger partial charge in [0, 0.05) is 0 Å². The molecule has 2 heteroatoms. The summed E-state index contributed by atoms with van der Waals surface area (Å²) in [5.74, 6) is 6.40. The van der Waals surface area contributed by atoms with Gasteiger partial charge in [-0.25, -0.2) is 0 Å². The number of fused-ring (bicyclic) bond motifs is 5. The zero-order valence-electron chi connectivity index (χ0n) is 16.0. The van der Waals surface area contributed by atoms with Crippen LogP contribution in [0.3, 0.4) is 0 Å². The molecule has 4 rings (SSSR count). The SMILES string of the molecule is C[C@H](CS)[C@H]1CCC2C3CCC4C[C@@H](O)CC[C@]4(C)C3CC[C@@]21C. The second-order valence-corrected chi connectivity index (χ2v) is 10.8. The van der Waals surface area contributed by atoms with E-state index in [2.05, 4.69) is 33.4 Å². The van der Waals surface area contributed by atoms with Gasteiger partial charge < -0.3 is 5.11 Å². The van der Waals surface area contributed by atoms with Gasteiger partial charge in [0.2, 0.25) is 0 Å². The Balaban J connectivity index is 1.59. The number of hydrogen-bond acceptors (Lipinski definition) is 2. The second-order valence-electron chi connectivity index (χ2n) is 10.5. The predicted octanol–water partition coefficient (Wildman–Crippen LogP) is 5.57. The molecule has 0 spiro atoms. The summed E-state index contributed by atoms with van der Waals surface area (Å²) in [7, 11) is 0. The lowest BCUT2D eigenvalue weighted by molar-refractivity contribution is -0.128. The van der Waals surface area contributed by atoms with Gasteiger partial charge in [0.1, 0.15) is 0 Å². The first-order valence-electron chi connectivity index (χ1n) is 10.7. The van der Waals surface area contributed by atoms with Crippen molar-refractivity contribution in [2.75, 3.05) is 5.75 Å². The van der Waals surface area contributed by atoms with Gasteiger partial charge in [-0.05, 0) is 110 Å². The molecule has 0 bridgehead atoms. The lowest BCUT2D eigenvalue weighted by atomic mass is 9.44. The van der Waals surface area contributed by atoms with Crippen LogP contribution in [0.1, 0.15) is 78.6 Å². The van der Waals surface area contributed by atoms with E-state index in [1.165, 1.54) is 44.9 Å². The van der Waals surface area contributed by atoms with Crippen LogP contribution < -0.4 is 0 Å². The topological polar surface area (TPSA) is 20.2 Å². The summed E-state index contributed by atoms with van der Waals surface area (Å²) in [6.07, 6.45) is 12.1. The summed E-state index contributed by atoms with van der Waals surface area (Å²) in [5.41, 5.74) is 1.11. The minimum absolute atomic E-state index is 0.0134. The molecule has 0 saturated heterocycles. The highest BCUT2D eigenvalue weighted by molar-refractivity contribution is 7.80. The molecule has 0 radical (unpaired) electrons. The van der Waals surface area contributed by atoms with Gasteiger partial charge in [0.25, 0.3) is 0 Å². The molecule has 4 fully saturated rings. The van der Waals surface area contributed by atoms with Crippen LogP contribution in [0.25, 0.3) is 0 Å². The quantitative estimate of drug-likeness (QED) is 0.624. The van der Waals surface area contributed by atoms with E-state index >= 15 is 0 Å². The van der Waals surface area contributed by atoms with Crippen molar-refractivity contribution in [1.82, 2.24) is 0 Å². The van der Waals surface area contributed by atoms with Crippen molar-refractivity contribution >= 4 is 12.6 Å². The van der Waals surface area contributed by atoms with Crippen molar-refractivity contribution in [3.8, 4) is 0 Å². The molecular weight excluding hydrogens is 312 g/mol. The maximum atomic E-state index is 10.2. The highest BCUT2D eigenvalue weighted by Crippen LogP contribution is 2.68. The fraction of sp³-hybridized carbons (Fsp3) is 1.00. The minimum Gasteiger partial charge on any atom is -0.393 e. The first kappa shape index (κ1) is 17.7. The average Bonchev–Trinajstić information content (AvgIpc) is 2.92. The molecule has 1 nitrogen and oxygen atoms in total. The van der Waals surface area contributed by atoms with Crippen LogP contribution in [-0.4, -0.2) is 17.0 Å². The van der Waals surface area contributed by atoms with Crippen LogP contribution in [0, 0.1) is 46.3 Å². The number of hydrogen-bond donors (Lipinski definition) is 2. The first-order chi connectivity index (χ1) is 11.4. The fourth-order valence-corrected chi connectivity index (χ4v) is 8.59. The Bertz CT molecular complexity index is 479. The van der Waals surface area contributed by atoms with Gasteiger partial charge in [0.05, 0.1) is 6.10 Å². The molecule has 0 aromatic heterocycles. The summed E-state index contributed by atoms with van der Waals surface area (Å²) in [6.45, 7) is 7.69. The highest BCUT2D eigenvalue weighted by atomic mass is 32.1. The molecule has 24 heavy (non-hydrogen) atoms. The lowest BCUT2D eigenvalue weighted by Gasteiger charge is -2.61. The van der Waals surface area contributed by atoms with Crippen molar-refractivity contribution in [3.63, 3.8) is 0 Å².